The quantitative estimate of drug-likeness (QED) is 0.229. The van der Waals surface area contributed by atoms with E-state index in [0.717, 1.165) is 0 Å². The third-order valence-electron chi connectivity index (χ3n) is 5.50. The van der Waals surface area contributed by atoms with E-state index in [1.807, 2.05) is 0 Å². The Morgan fingerprint density at radius 2 is 0.588 bits per heavy atom. The predicted molar refractivity (Wildman–Crippen MR) is 147 cm³/mol. The molecule has 0 unspecified atom stereocenters. The molecule has 0 spiro atoms. The van der Waals surface area contributed by atoms with E-state index in [1.165, 1.54) is 0 Å². The van der Waals surface area contributed by atoms with Gasteiger partial charge >= 0.3 is 0 Å². The molecule has 0 amide bonds. The topological polar surface area (TPSA) is 0 Å². The average molecular weight is 453 g/mol. The highest BCUT2D eigenvalue weighted by Gasteiger charge is 2.18. The largest absolute Gasteiger partial charge is 0.0629 e. The Hall–Kier alpha value is -4.42. The highest BCUT2D eigenvalue weighted by molar-refractivity contribution is 6.25. The Kier molecular flexibility index (Phi) is 1.62. The lowest BCUT2D eigenvalue weighted by Crippen LogP contribution is -1.92. The zero-order valence-electron chi connectivity index (χ0n) is 39.0. The van der Waals surface area contributed by atoms with Crippen molar-refractivity contribution in [3.8, 4) is 22.3 Å². The van der Waals surface area contributed by atoms with Crippen LogP contribution in [0.2, 0.25) is 0 Å². The van der Waals surface area contributed by atoms with Crippen molar-refractivity contribution in [1.82, 2.24) is 0 Å². The summed E-state index contributed by atoms with van der Waals surface area (Å²) in [4.78, 5) is 0. The molecule has 0 aromatic heterocycles. The molecule has 0 aliphatic heterocycles. The van der Waals surface area contributed by atoms with E-state index in [2.05, 4.69) is 0 Å². The Morgan fingerprint density at radius 3 is 0.971 bits per heavy atom. The first kappa shape index (κ1) is 7.29. The molecule has 7 rings (SSSR count). The summed E-state index contributed by atoms with van der Waals surface area (Å²) >= 11 is 0. The maximum Gasteiger partial charge on any atom is 0.0629 e. The molecule has 7 aromatic rings. The van der Waals surface area contributed by atoms with E-state index in [0.29, 0.717) is 0 Å². The van der Waals surface area contributed by atoms with Gasteiger partial charge in [-0.2, -0.15) is 0 Å². The molecule has 158 valence electrons. The van der Waals surface area contributed by atoms with Crippen LogP contribution in [0.25, 0.3) is 65.3 Å². The molecule has 34 heavy (non-hydrogen) atoms. The van der Waals surface area contributed by atoms with Crippen LogP contribution in [-0.2, 0) is 0 Å². The fourth-order valence-corrected chi connectivity index (χ4v) is 4.12. The van der Waals surface area contributed by atoms with Gasteiger partial charge < -0.3 is 0 Å². The van der Waals surface area contributed by atoms with Crippen LogP contribution in [0.5, 0.6) is 0 Å². The number of rotatable bonds is 2. The average Bonchev–Trinajstić information content (AvgIpc) is 3.17. The van der Waals surface area contributed by atoms with Crippen molar-refractivity contribution in [2.75, 3.05) is 0 Å². The van der Waals surface area contributed by atoms with Crippen molar-refractivity contribution in [2.45, 2.75) is 0 Å². The van der Waals surface area contributed by atoms with Crippen LogP contribution in [0.4, 0.5) is 0 Å². The first-order chi connectivity index (χ1) is 26.0. The van der Waals surface area contributed by atoms with Gasteiger partial charge in [-0.15, -0.1) is 0 Å². The van der Waals surface area contributed by atoms with Crippen LogP contribution >= 0.6 is 0 Å². The van der Waals surface area contributed by atoms with Gasteiger partial charge in [0.15, 0.2) is 0 Å². The van der Waals surface area contributed by atoms with Gasteiger partial charge in [-0.05, 0) is 65.3 Å². The molecule has 0 bridgehead atoms. The lowest BCUT2D eigenvalue weighted by molar-refractivity contribution is 1.68. The monoisotopic (exact) mass is 452 g/mol. The molecule has 0 nitrogen and oxygen atoms in total. The molecule has 0 aliphatic rings. The third kappa shape index (κ3) is 2.79. The zero-order valence-corrected chi connectivity index (χ0v) is 17.0. The second-order valence-electron chi connectivity index (χ2n) is 7.25. The minimum absolute atomic E-state index is 0.570. The van der Waals surface area contributed by atoms with Crippen molar-refractivity contribution in [2.24, 2.45) is 0 Å². The van der Waals surface area contributed by atoms with Crippen molar-refractivity contribution < 1.29 is 30.2 Å². The molecule has 0 saturated heterocycles. The smallest absolute Gasteiger partial charge is 0.0616 e. The Balaban J connectivity index is 2.00. The van der Waals surface area contributed by atoms with E-state index in [4.69, 9.17) is 24.7 Å². The minimum atomic E-state index is -0.920. The van der Waals surface area contributed by atoms with E-state index in [-0.39, 0.29) is 0 Å². The summed E-state index contributed by atoms with van der Waals surface area (Å²) in [7, 11) is 0. The first-order valence-corrected chi connectivity index (χ1v) is 10.0. The van der Waals surface area contributed by atoms with Gasteiger partial charge in [-0.3, -0.25) is 0 Å². The van der Waals surface area contributed by atoms with Crippen molar-refractivity contribution in [3.05, 3.63) is 133 Å². The molecule has 0 atom stereocenters. The molecule has 0 heteroatoms. The van der Waals surface area contributed by atoms with Crippen LogP contribution < -0.4 is 0 Å². The summed E-state index contributed by atoms with van der Waals surface area (Å²) in [5, 5.41) is -4.86. The molecule has 0 radical (unpaired) electrons. The van der Waals surface area contributed by atoms with Crippen LogP contribution in [0.15, 0.2) is 133 Å². The van der Waals surface area contributed by atoms with Crippen LogP contribution in [0, 0.1) is 0 Å². The van der Waals surface area contributed by atoms with Gasteiger partial charge in [0.2, 0.25) is 0 Å². The van der Waals surface area contributed by atoms with Crippen LogP contribution in [-0.4, -0.2) is 0 Å². The summed E-state index contributed by atoms with van der Waals surface area (Å²) in [6.07, 6.45) is 0. The summed E-state index contributed by atoms with van der Waals surface area (Å²) < 4.78 is 193. The molecule has 0 N–H and O–H groups in total. The van der Waals surface area contributed by atoms with E-state index >= 15 is 0 Å². The van der Waals surface area contributed by atoms with Crippen LogP contribution in [0.1, 0.15) is 30.2 Å². The normalized spacial score (nSPS) is 20.6. The lowest BCUT2D eigenvalue weighted by Gasteiger charge is -2.19. The molecular weight excluding hydrogens is 408 g/mol. The van der Waals surface area contributed by atoms with Gasteiger partial charge in [0.25, 0.3) is 0 Å². The highest BCUT2D eigenvalue weighted by atomic mass is 14.2. The summed E-state index contributed by atoms with van der Waals surface area (Å²) in [6, 6.07) is -19.2. The number of fused-ring (bicyclic) bond motifs is 4. The summed E-state index contributed by atoms with van der Waals surface area (Å²) in [5.41, 5.74) is -2.53. The molecular formula is C34H22. The Bertz CT molecular complexity index is 2740. The van der Waals surface area contributed by atoms with Gasteiger partial charge in [-0.25, -0.2) is 0 Å². The molecule has 7 aromatic carbocycles. The van der Waals surface area contributed by atoms with E-state index < -0.39 is 198 Å². The summed E-state index contributed by atoms with van der Waals surface area (Å²) in [6.45, 7) is 0. The second-order valence-corrected chi connectivity index (χ2v) is 7.25. The molecule has 0 aliphatic carbocycles. The van der Waals surface area contributed by atoms with Gasteiger partial charge in [0.05, 0.1) is 30.2 Å². The van der Waals surface area contributed by atoms with Crippen molar-refractivity contribution >= 4 is 43.1 Å². The van der Waals surface area contributed by atoms with Crippen LogP contribution in [0.3, 0.4) is 0 Å². The standard InChI is InChI=1S/C34H22/c1-3-15-25-23(11-1)13-9-21-27(25)33-29-17-5-7-19-31(29)34(32-20-8-6-18-30(32)33)28-22-10-14-24-12-2-4-16-26(24)28/h1-22H/i1D,2D,3D,4D,5D,6D,7D,8D,9D,10D,11D,12D,13D,14D,15D,16D,17D,18D,19D,20D,21D,22D. The zero-order chi connectivity index (χ0) is 41.6. The first-order valence-electron chi connectivity index (χ1n) is 21.0. The molecule has 0 heterocycles. The highest BCUT2D eigenvalue weighted by Crippen LogP contribution is 2.46. The fourth-order valence-electron chi connectivity index (χ4n) is 4.12. The lowest BCUT2D eigenvalue weighted by atomic mass is 9.84. The molecule has 0 saturated carbocycles. The number of hydrogen-bond acceptors (Lipinski definition) is 0. The fraction of sp³-hybridized carbons (Fsp3) is 0. The maximum absolute atomic E-state index is 9.23. The SMILES string of the molecule is [2H]c1c([2H])c([2H])c2c(-c3c4c([2H])c([2H])c([2H])c([2H])c4c(-c4c([2H])c([2H])c([2H])c5c([2H])c([2H])c([2H])c([2H])c45)c4c([2H])c([2H])c([2H])c([2H])c34)c([2H])c([2H])c([2H])c2c1[2H]. The summed E-state index contributed by atoms with van der Waals surface area (Å²) in [5.74, 6) is 0. The van der Waals surface area contributed by atoms with Crippen molar-refractivity contribution in [3.63, 3.8) is 0 Å². The minimum Gasteiger partial charge on any atom is -0.0616 e. The van der Waals surface area contributed by atoms with E-state index in [9.17, 15) is 5.48 Å². The predicted octanol–water partition coefficient (Wildman–Crippen LogP) is 9.63. The van der Waals surface area contributed by atoms with Crippen molar-refractivity contribution in [1.29, 1.82) is 0 Å². The number of hydrogen-bond donors (Lipinski definition) is 0. The van der Waals surface area contributed by atoms with Gasteiger partial charge in [0.1, 0.15) is 0 Å². The molecule has 0 fully saturated rings. The third-order valence-corrected chi connectivity index (χ3v) is 5.50. The number of benzene rings is 7. The Morgan fingerprint density at radius 1 is 0.294 bits per heavy atom. The van der Waals surface area contributed by atoms with Gasteiger partial charge in [0, 0.05) is 0 Å². The van der Waals surface area contributed by atoms with Gasteiger partial charge in [-0.1, -0.05) is 133 Å². The maximum atomic E-state index is 9.23. The van der Waals surface area contributed by atoms with E-state index in [1.54, 1.807) is 0 Å². The Labute approximate surface area is 229 Å². The second kappa shape index (κ2) is 7.57.